The summed E-state index contributed by atoms with van der Waals surface area (Å²) in [7, 11) is 0. The number of piperidine rings is 1. The molecule has 0 amide bonds. The van der Waals surface area contributed by atoms with Crippen molar-refractivity contribution in [3.63, 3.8) is 0 Å². The molecule has 3 aromatic rings. The van der Waals surface area contributed by atoms with Crippen molar-refractivity contribution >= 4 is 29.6 Å². The van der Waals surface area contributed by atoms with Crippen LogP contribution in [-0.2, 0) is 0 Å². The second-order valence-electron chi connectivity index (χ2n) is 7.63. The molecule has 158 valence electrons. The predicted octanol–water partition coefficient (Wildman–Crippen LogP) is 6.01. The highest BCUT2D eigenvalue weighted by atomic mass is 35.5. The third-order valence-electron chi connectivity index (χ3n) is 5.51. The largest absolute Gasteiger partial charge is 0.420 e. The standard InChI is InChI=1S/C25H25ClN4O/c26-21-12-10-20(11-13-21)23(30-15-5-2-6-16-30)18-28-25-22(17-27)29-24(31-25)14-9-19-7-3-1-4-8-19/h1,3-4,7-14,23,28H,2,5-6,15-16,18H2/b14-9+. The highest BCUT2D eigenvalue weighted by Crippen LogP contribution is 2.27. The van der Waals surface area contributed by atoms with Crippen LogP contribution in [0.5, 0.6) is 0 Å². The quantitative estimate of drug-likeness (QED) is 0.495. The second kappa shape index (κ2) is 10.3. The summed E-state index contributed by atoms with van der Waals surface area (Å²) in [5.74, 6) is 0.815. The molecular weight excluding hydrogens is 408 g/mol. The first-order chi connectivity index (χ1) is 15.2. The number of nitrogens with one attached hydrogen (secondary N) is 1. The van der Waals surface area contributed by atoms with Gasteiger partial charge in [-0.25, -0.2) is 0 Å². The van der Waals surface area contributed by atoms with Gasteiger partial charge < -0.3 is 9.73 Å². The number of nitriles is 1. The lowest BCUT2D eigenvalue weighted by atomic mass is 10.0. The Morgan fingerprint density at radius 2 is 1.81 bits per heavy atom. The summed E-state index contributed by atoms with van der Waals surface area (Å²) in [4.78, 5) is 6.79. The number of likely N-dealkylation sites (tertiary alicyclic amines) is 1. The summed E-state index contributed by atoms with van der Waals surface area (Å²) in [5.41, 5.74) is 2.50. The Morgan fingerprint density at radius 1 is 1.06 bits per heavy atom. The molecule has 2 heterocycles. The van der Waals surface area contributed by atoms with Gasteiger partial charge in [0.05, 0.1) is 6.04 Å². The van der Waals surface area contributed by atoms with Crippen molar-refractivity contribution in [1.82, 2.24) is 9.88 Å². The Balaban J connectivity index is 1.51. The number of oxazole rings is 1. The van der Waals surface area contributed by atoms with Crippen molar-refractivity contribution in [2.24, 2.45) is 0 Å². The van der Waals surface area contributed by atoms with Gasteiger partial charge in [-0.05, 0) is 55.3 Å². The van der Waals surface area contributed by atoms with E-state index in [-0.39, 0.29) is 11.7 Å². The molecule has 1 fully saturated rings. The van der Waals surface area contributed by atoms with E-state index in [2.05, 4.69) is 33.4 Å². The molecule has 0 radical (unpaired) electrons. The maximum Gasteiger partial charge on any atom is 0.232 e. The van der Waals surface area contributed by atoms with Crippen molar-refractivity contribution in [1.29, 1.82) is 5.26 Å². The third-order valence-corrected chi connectivity index (χ3v) is 5.76. The number of halogens is 1. The fraction of sp³-hybridized carbons (Fsp3) is 0.280. The lowest BCUT2D eigenvalue weighted by Gasteiger charge is -2.35. The molecule has 0 bridgehead atoms. The number of benzene rings is 2. The summed E-state index contributed by atoms with van der Waals surface area (Å²) in [6, 6.07) is 20.2. The van der Waals surface area contributed by atoms with Gasteiger partial charge in [-0.1, -0.05) is 60.5 Å². The molecule has 1 saturated heterocycles. The number of hydrogen-bond acceptors (Lipinski definition) is 5. The predicted molar refractivity (Wildman–Crippen MR) is 125 cm³/mol. The van der Waals surface area contributed by atoms with E-state index in [1.165, 1.54) is 24.8 Å². The van der Waals surface area contributed by atoms with Crippen molar-refractivity contribution < 1.29 is 4.42 Å². The fourth-order valence-electron chi connectivity index (χ4n) is 3.90. The van der Waals surface area contributed by atoms with Crippen molar-refractivity contribution in [2.75, 3.05) is 25.0 Å². The number of aromatic nitrogens is 1. The molecule has 31 heavy (non-hydrogen) atoms. The molecule has 0 aliphatic carbocycles. The Morgan fingerprint density at radius 3 is 2.52 bits per heavy atom. The van der Waals surface area contributed by atoms with Crippen LogP contribution in [0.1, 0.15) is 48.0 Å². The number of rotatable bonds is 7. The molecule has 2 aromatic carbocycles. The van der Waals surface area contributed by atoms with Gasteiger partial charge in [-0.2, -0.15) is 10.2 Å². The zero-order valence-electron chi connectivity index (χ0n) is 17.3. The van der Waals surface area contributed by atoms with Crippen LogP contribution < -0.4 is 5.32 Å². The minimum absolute atomic E-state index is 0.164. The number of nitrogens with zero attached hydrogens (tertiary/aromatic N) is 3. The average molecular weight is 433 g/mol. The molecule has 0 spiro atoms. The molecule has 1 N–H and O–H groups in total. The average Bonchev–Trinajstić information content (AvgIpc) is 3.22. The molecular formula is C25H25ClN4O. The topological polar surface area (TPSA) is 65.1 Å². The Labute approximate surface area is 188 Å². The van der Waals surface area contributed by atoms with Crippen molar-refractivity contribution in [3.05, 3.63) is 82.3 Å². The second-order valence-corrected chi connectivity index (χ2v) is 8.07. The van der Waals surface area contributed by atoms with Crippen LogP contribution >= 0.6 is 11.6 Å². The summed E-state index contributed by atoms with van der Waals surface area (Å²) >= 11 is 6.10. The third kappa shape index (κ3) is 5.55. The van der Waals surface area contributed by atoms with Crippen molar-refractivity contribution in [3.8, 4) is 6.07 Å². The van der Waals surface area contributed by atoms with Crippen LogP contribution in [0.2, 0.25) is 5.02 Å². The highest BCUT2D eigenvalue weighted by molar-refractivity contribution is 6.30. The van der Waals surface area contributed by atoms with Crippen LogP contribution in [0.15, 0.2) is 59.0 Å². The van der Waals surface area contributed by atoms with Crippen LogP contribution in [0, 0.1) is 11.3 Å². The maximum atomic E-state index is 9.52. The Bertz CT molecular complexity index is 1050. The summed E-state index contributed by atoms with van der Waals surface area (Å²) < 4.78 is 5.85. The van der Waals surface area contributed by atoms with Gasteiger partial charge in [0.15, 0.2) is 0 Å². The van der Waals surface area contributed by atoms with Crippen LogP contribution in [0.4, 0.5) is 5.88 Å². The first kappa shape index (κ1) is 21.2. The molecule has 1 aliphatic heterocycles. The van der Waals surface area contributed by atoms with E-state index >= 15 is 0 Å². The zero-order valence-corrected chi connectivity index (χ0v) is 18.1. The smallest absolute Gasteiger partial charge is 0.232 e. The molecule has 6 heteroatoms. The normalized spacial score (nSPS) is 15.6. The molecule has 1 unspecified atom stereocenters. The molecule has 4 rings (SSSR count). The molecule has 1 atom stereocenters. The van der Waals surface area contributed by atoms with E-state index in [0.29, 0.717) is 18.3 Å². The van der Waals surface area contributed by atoms with Crippen molar-refractivity contribution in [2.45, 2.75) is 25.3 Å². The first-order valence-corrected chi connectivity index (χ1v) is 11.0. The van der Waals surface area contributed by atoms with Gasteiger partial charge >= 0.3 is 0 Å². The van der Waals surface area contributed by atoms with Crippen LogP contribution in [-0.4, -0.2) is 29.5 Å². The van der Waals surface area contributed by atoms with E-state index in [9.17, 15) is 5.26 Å². The summed E-state index contributed by atoms with van der Waals surface area (Å²) in [6.45, 7) is 2.73. The van der Waals surface area contributed by atoms with Gasteiger partial charge in [-0.15, -0.1) is 0 Å². The summed E-state index contributed by atoms with van der Waals surface area (Å²) in [6.07, 6.45) is 7.37. The SMILES string of the molecule is N#Cc1nc(/C=C/c2ccccc2)oc1NCC(c1ccc(Cl)cc1)N1CCCCC1. The zero-order chi connectivity index (χ0) is 21.5. The van der Waals surface area contributed by atoms with E-state index in [1.807, 2.05) is 48.5 Å². The number of anilines is 1. The molecule has 0 saturated carbocycles. The first-order valence-electron chi connectivity index (χ1n) is 10.6. The monoisotopic (exact) mass is 432 g/mol. The molecule has 1 aliphatic rings. The van der Waals surface area contributed by atoms with Crippen LogP contribution in [0.3, 0.4) is 0 Å². The van der Waals surface area contributed by atoms with Crippen LogP contribution in [0.25, 0.3) is 12.2 Å². The van der Waals surface area contributed by atoms with E-state index in [0.717, 1.165) is 23.7 Å². The molecule has 1 aromatic heterocycles. The van der Waals surface area contributed by atoms with E-state index in [1.54, 1.807) is 6.08 Å². The summed E-state index contributed by atoms with van der Waals surface area (Å²) in [5, 5.41) is 13.6. The molecule has 5 nitrogen and oxygen atoms in total. The minimum Gasteiger partial charge on any atom is -0.420 e. The Kier molecular flexibility index (Phi) is 7.03. The lowest BCUT2D eigenvalue weighted by Crippen LogP contribution is -2.37. The maximum absolute atomic E-state index is 9.52. The number of hydrogen-bond donors (Lipinski definition) is 1. The Hall–Kier alpha value is -3.07. The lowest BCUT2D eigenvalue weighted by molar-refractivity contribution is 0.170. The fourth-order valence-corrected chi connectivity index (χ4v) is 4.02. The van der Waals surface area contributed by atoms with Gasteiger partial charge in [0.2, 0.25) is 17.5 Å². The van der Waals surface area contributed by atoms with E-state index < -0.39 is 0 Å². The van der Waals surface area contributed by atoms with Gasteiger partial charge in [0.25, 0.3) is 0 Å². The van der Waals surface area contributed by atoms with Gasteiger partial charge in [-0.3, -0.25) is 4.90 Å². The van der Waals surface area contributed by atoms with Gasteiger partial charge in [0, 0.05) is 17.6 Å². The van der Waals surface area contributed by atoms with Gasteiger partial charge in [0.1, 0.15) is 6.07 Å². The highest BCUT2D eigenvalue weighted by Gasteiger charge is 2.23. The van der Waals surface area contributed by atoms with E-state index in [4.69, 9.17) is 16.0 Å². The minimum atomic E-state index is 0.164.